The van der Waals surface area contributed by atoms with E-state index in [2.05, 4.69) is 0 Å². The smallest absolute Gasteiger partial charge is 0.318 e. The van der Waals surface area contributed by atoms with Crippen LogP contribution in [0.25, 0.3) is 0 Å². The van der Waals surface area contributed by atoms with E-state index in [1.165, 1.54) is 48.3 Å². The van der Waals surface area contributed by atoms with Crippen LogP contribution >= 0.6 is 0 Å². The van der Waals surface area contributed by atoms with Gasteiger partial charge in [-0.2, -0.15) is 0 Å². The number of esters is 2. The van der Waals surface area contributed by atoms with Crippen molar-refractivity contribution in [3.63, 3.8) is 0 Å². The summed E-state index contributed by atoms with van der Waals surface area (Å²) in [5.74, 6) is -6.91. The molecular formula is C22H21F2NO5. The number of hydrogen-bond acceptors (Lipinski definition) is 6. The van der Waals surface area contributed by atoms with Gasteiger partial charge in [0.15, 0.2) is 5.78 Å². The highest BCUT2D eigenvalue weighted by molar-refractivity contribution is 6.10. The highest BCUT2D eigenvalue weighted by Crippen LogP contribution is 2.47. The molecule has 2 aromatic rings. The molecular weight excluding hydrogens is 396 g/mol. The molecule has 0 bridgehead atoms. The summed E-state index contributed by atoms with van der Waals surface area (Å²) in [6.07, 6.45) is 0. The van der Waals surface area contributed by atoms with Crippen molar-refractivity contribution in [3.8, 4) is 0 Å². The molecule has 158 valence electrons. The van der Waals surface area contributed by atoms with Crippen LogP contribution < -0.4 is 0 Å². The Morgan fingerprint density at radius 3 is 1.50 bits per heavy atom. The minimum atomic E-state index is -1.50. The fraction of sp³-hybridized carbons (Fsp3) is 0.318. The average molecular weight is 417 g/mol. The summed E-state index contributed by atoms with van der Waals surface area (Å²) < 4.78 is 39.0. The summed E-state index contributed by atoms with van der Waals surface area (Å²) in [5.41, 5.74) is 0.127. The van der Waals surface area contributed by atoms with Gasteiger partial charge in [-0.1, -0.05) is 36.4 Å². The van der Waals surface area contributed by atoms with E-state index < -0.39 is 53.3 Å². The Bertz CT molecular complexity index is 904. The van der Waals surface area contributed by atoms with Crippen LogP contribution in [0.2, 0.25) is 0 Å². The standard InChI is InChI=1S/C22H21F2NO5/c1-25-18(12-8-4-6-10-14(12)23)16(21(27)29-2)20(26)17(22(28)30-3)19(25)13-9-5-7-11-15(13)24/h4-11,16-19H,1-3H3. The van der Waals surface area contributed by atoms with E-state index in [0.717, 1.165) is 14.2 Å². The van der Waals surface area contributed by atoms with Crippen LogP contribution in [0.4, 0.5) is 8.78 Å². The number of methoxy groups -OCH3 is 2. The van der Waals surface area contributed by atoms with Gasteiger partial charge in [0, 0.05) is 11.1 Å². The van der Waals surface area contributed by atoms with Gasteiger partial charge in [0.05, 0.1) is 26.3 Å². The lowest BCUT2D eigenvalue weighted by atomic mass is 9.73. The predicted octanol–water partition coefficient (Wildman–Crippen LogP) is 2.84. The van der Waals surface area contributed by atoms with E-state index in [9.17, 15) is 23.2 Å². The molecule has 1 aliphatic heterocycles. The average Bonchev–Trinajstić information content (AvgIpc) is 2.74. The van der Waals surface area contributed by atoms with Gasteiger partial charge in [-0.25, -0.2) is 8.78 Å². The molecule has 0 amide bonds. The number of carbonyl (C=O) groups is 3. The third-order valence-corrected chi connectivity index (χ3v) is 5.48. The first-order valence-electron chi connectivity index (χ1n) is 9.23. The molecule has 2 aromatic carbocycles. The fourth-order valence-corrected chi connectivity index (χ4v) is 4.12. The largest absolute Gasteiger partial charge is 0.468 e. The van der Waals surface area contributed by atoms with Crippen LogP contribution in [0.15, 0.2) is 48.5 Å². The summed E-state index contributed by atoms with van der Waals surface area (Å²) in [5, 5.41) is 0. The first-order chi connectivity index (χ1) is 14.3. The Balaban J connectivity index is 2.25. The molecule has 0 saturated carbocycles. The Morgan fingerprint density at radius 2 is 1.17 bits per heavy atom. The van der Waals surface area contributed by atoms with Crippen LogP contribution in [0.1, 0.15) is 23.2 Å². The maximum atomic E-state index is 14.7. The second-order valence-electron chi connectivity index (χ2n) is 7.00. The van der Waals surface area contributed by atoms with Crippen molar-refractivity contribution < 1.29 is 32.6 Å². The lowest BCUT2D eigenvalue weighted by Crippen LogP contribution is -2.54. The SMILES string of the molecule is COC(=O)C1C(=O)C(C(=O)OC)C(c2ccccc2F)N(C)C1c1ccccc1F. The van der Waals surface area contributed by atoms with E-state index in [0.29, 0.717) is 0 Å². The zero-order chi connectivity index (χ0) is 22.0. The third-order valence-electron chi connectivity index (χ3n) is 5.48. The normalized spacial score (nSPS) is 24.4. The molecule has 1 heterocycles. The zero-order valence-electron chi connectivity index (χ0n) is 16.7. The number of hydrogen-bond donors (Lipinski definition) is 0. The van der Waals surface area contributed by atoms with Gasteiger partial charge in [-0.3, -0.25) is 19.3 Å². The summed E-state index contributed by atoms with van der Waals surface area (Å²) in [4.78, 5) is 40.0. The number of ether oxygens (including phenoxy) is 2. The number of halogens is 2. The van der Waals surface area contributed by atoms with E-state index in [-0.39, 0.29) is 11.1 Å². The first kappa shape index (κ1) is 21.6. The van der Waals surface area contributed by atoms with E-state index in [1.54, 1.807) is 12.1 Å². The zero-order valence-corrected chi connectivity index (χ0v) is 16.7. The van der Waals surface area contributed by atoms with Gasteiger partial charge < -0.3 is 9.47 Å². The van der Waals surface area contributed by atoms with Crippen molar-refractivity contribution in [3.05, 3.63) is 71.3 Å². The number of benzene rings is 2. The molecule has 0 radical (unpaired) electrons. The van der Waals surface area contributed by atoms with Crippen molar-refractivity contribution >= 4 is 17.7 Å². The highest BCUT2D eigenvalue weighted by atomic mass is 19.1. The summed E-state index contributed by atoms with van der Waals surface area (Å²) in [6.45, 7) is 0. The molecule has 8 heteroatoms. The number of ketones is 1. The molecule has 1 saturated heterocycles. The number of nitrogens with zero attached hydrogens (tertiary/aromatic N) is 1. The summed E-state index contributed by atoms with van der Waals surface area (Å²) >= 11 is 0. The van der Waals surface area contributed by atoms with Gasteiger partial charge >= 0.3 is 11.9 Å². The number of piperidine rings is 1. The Kier molecular flexibility index (Phi) is 6.26. The topological polar surface area (TPSA) is 72.9 Å². The van der Waals surface area contributed by atoms with Crippen molar-refractivity contribution in [1.29, 1.82) is 0 Å². The Hall–Kier alpha value is -3.13. The Morgan fingerprint density at radius 1 is 0.800 bits per heavy atom. The van der Waals surface area contributed by atoms with Crippen LogP contribution in [-0.2, 0) is 23.9 Å². The number of likely N-dealkylation sites (tertiary alicyclic amines) is 1. The van der Waals surface area contributed by atoms with Crippen LogP contribution in [0.5, 0.6) is 0 Å². The van der Waals surface area contributed by atoms with Gasteiger partial charge in [-0.15, -0.1) is 0 Å². The van der Waals surface area contributed by atoms with Crippen LogP contribution in [-0.4, -0.2) is 43.9 Å². The molecule has 1 aliphatic rings. The Labute approximate surface area is 172 Å². The van der Waals surface area contributed by atoms with Crippen LogP contribution in [0.3, 0.4) is 0 Å². The van der Waals surface area contributed by atoms with Crippen molar-refractivity contribution in [1.82, 2.24) is 4.90 Å². The lowest BCUT2D eigenvalue weighted by molar-refractivity contribution is -0.167. The maximum absolute atomic E-state index is 14.7. The summed E-state index contributed by atoms with van der Waals surface area (Å²) in [6, 6.07) is 9.13. The van der Waals surface area contributed by atoms with Gasteiger partial charge in [0.25, 0.3) is 0 Å². The molecule has 0 aliphatic carbocycles. The second kappa shape index (κ2) is 8.71. The molecule has 30 heavy (non-hydrogen) atoms. The predicted molar refractivity (Wildman–Crippen MR) is 102 cm³/mol. The van der Waals surface area contributed by atoms with Crippen LogP contribution in [0, 0.1) is 23.5 Å². The summed E-state index contributed by atoms with van der Waals surface area (Å²) in [7, 11) is 3.71. The number of rotatable bonds is 4. The molecule has 3 rings (SSSR count). The minimum absolute atomic E-state index is 0.0633. The quantitative estimate of drug-likeness (QED) is 0.563. The number of carbonyl (C=O) groups excluding carboxylic acids is 3. The molecule has 0 N–H and O–H groups in total. The van der Waals surface area contributed by atoms with Crippen molar-refractivity contribution in [2.45, 2.75) is 12.1 Å². The van der Waals surface area contributed by atoms with Gasteiger partial charge in [-0.05, 0) is 19.2 Å². The molecule has 4 atom stereocenters. The fourth-order valence-electron chi connectivity index (χ4n) is 4.12. The first-order valence-corrected chi connectivity index (χ1v) is 9.23. The highest BCUT2D eigenvalue weighted by Gasteiger charge is 2.55. The second-order valence-corrected chi connectivity index (χ2v) is 7.00. The molecule has 4 unspecified atom stereocenters. The van der Waals surface area contributed by atoms with E-state index in [1.807, 2.05) is 0 Å². The van der Waals surface area contributed by atoms with Crippen molar-refractivity contribution in [2.24, 2.45) is 11.8 Å². The number of Topliss-reactive ketones (excluding diaryl/α,β-unsaturated/α-hetero) is 1. The van der Waals surface area contributed by atoms with Crippen molar-refractivity contribution in [2.75, 3.05) is 21.3 Å². The monoisotopic (exact) mass is 417 g/mol. The molecule has 0 aromatic heterocycles. The molecule has 1 fully saturated rings. The van der Waals surface area contributed by atoms with Gasteiger partial charge in [0.2, 0.25) is 0 Å². The third kappa shape index (κ3) is 3.59. The maximum Gasteiger partial charge on any atom is 0.318 e. The van der Waals surface area contributed by atoms with E-state index >= 15 is 0 Å². The van der Waals surface area contributed by atoms with Gasteiger partial charge in [0.1, 0.15) is 23.5 Å². The lowest BCUT2D eigenvalue weighted by Gasteiger charge is -2.46. The molecule has 6 nitrogen and oxygen atoms in total. The molecule has 0 spiro atoms. The van der Waals surface area contributed by atoms with E-state index in [4.69, 9.17) is 9.47 Å². The minimum Gasteiger partial charge on any atom is -0.468 e.